The Morgan fingerprint density at radius 2 is 1.48 bits per heavy atom. The van der Waals surface area contributed by atoms with Gasteiger partial charge in [-0.25, -0.2) is 8.78 Å². The zero-order chi connectivity index (χ0) is 22.2. The molecule has 2 unspecified atom stereocenters. The van der Waals surface area contributed by atoms with Crippen LogP contribution in [0.4, 0.5) is 8.78 Å². The summed E-state index contributed by atoms with van der Waals surface area (Å²) in [5.74, 6) is -0.821. The fraction of sp³-hybridized carbons (Fsp3) is 0.609. The van der Waals surface area contributed by atoms with Gasteiger partial charge in [0.25, 0.3) is 0 Å². The number of hydrogen-bond donors (Lipinski definition) is 2. The summed E-state index contributed by atoms with van der Waals surface area (Å²) in [5.41, 5.74) is 8.70. The van der Waals surface area contributed by atoms with E-state index in [1.165, 1.54) is 30.5 Å². The number of halogens is 2. The summed E-state index contributed by atoms with van der Waals surface area (Å²) in [6, 6.07) is 5.42. The molecule has 1 aromatic heterocycles. The van der Waals surface area contributed by atoms with Gasteiger partial charge in [0.15, 0.2) is 0 Å². The van der Waals surface area contributed by atoms with Crippen LogP contribution in [0.2, 0.25) is 0 Å². The van der Waals surface area contributed by atoms with Crippen molar-refractivity contribution >= 4 is 0 Å². The monoisotopic (exact) mass is 410 g/mol. The van der Waals surface area contributed by atoms with Gasteiger partial charge < -0.3 is 5.73 Å². The second-order valence-corrected chi connectivity index (χ2v) is 6.30. The smallest absolute Gasteiger partial charge is 0.123 e. The molecule has 0 saturated heterocycles. The van der Waals surface area contributed by atoms with Crippen LogP contribution < -0.4 is 5.73 Å². The van der Waals surface area contributed by atoms with Gasteiger partial charge in [-0.1, -0.05) is 48.0 Å². The molecule has 166 valence electrons. The number of nitrogens with zero attached hydrogens (tertiary/aromatic N) is 2. The van der Waals surface area contributed by atoms with Gasteiger partial charge in [0.2, 0.25) is 0 Å². The molecule has 0 bridgehead atoms. The molecule has 1 saturated carbocycles. The van der Waals surface area contributed by atoms with E-state index < -0.39 is 11.6 Å². The van der Waals surface area contributed by atoms with Crippen molar-refractivity contribution in [3.8, 4) is 0 Å². The fourth-order valence-electron chi connectivity index (χ4n) is 3.31. The highest BCUT2D eigenvalue weighted by atomic mass is 19.1. The van der Waals surface area contributed by atoms with Crippen molar-refractivity contribution in [1.82, 2.24) is 15.1 Å². The highest BCUT2D eigenvalue weighted by Crippen LogP contribution is 2.29. The first-order valence-electron chi connectivity index (χ1n) is 11.0. The van der Waals surface area contributed by atoms with Gasteiger partial charge in [-0.2, -0.15) is 5.10 Å². The summed E-state index contributed by atoms with van der Waals surface area (Å²) in [6.45, 7) is 14.1. The molecule has 29 heavy (non-hydrogen) atoms. The Morgan fingerprint density at radius 1 is 0.931 bits per heavy atom. The van der Waals surface area contributed by atoms with Gasteiger partial charge >= 0.3 is 0 Å². The van der Waals surface area contributed by atoms with Crippen LogP contribution in [-0.2, 0) is 13.1 Å². The molecular weight excluding hydrogens is 370 g/mol. The first-order chi connectivity index (χ1) is 14.1. The Bertz CT molecular complexity index is 587. The van der Waals surface area contributed by atoms with Crippen molar-refractivity contribution in [3.05, 3.63) is 53.4 Å². The van der Waals surface area contributed by atoms with Crippen molar-refractivity contribution in [2.75, 3.05) is 0 Å². The van der Waals surface area contributed by atoms with Crippen molar-refractivity contribution in [2.24, 2.45) is 5.73 Å². The van der Waals surface area contributed by atoms with Crippen LogP contribution in [0.1, 0.15) is 78.5 Å². The Hall–Kier alpha value is -1.79. The van der Waals surface area contributed by atoms with E-state index in [9.17, 15) is 8.78 Å². The van der Waals surface area contributed by atoms with Gasteiger partial charge in [0.05, 0.1) is 11.9 Å². The van der Waals surface area contributed by atoms with Crippen molar-refractivity contribution in [2.45, 2.75) is 92.4 Å². The quantitative estimate of drug-likeness (QED) is 0.603. The second-order valence-electron chi connectivity index (χ2n) is 6.30. The maximum absolute atomic E-state index is 11.9. The van der Waals surface area contributed by atoms with Crippen molar-refractivity contribution in [3.63, 3.8) is 0 Å². The maximum atomic E-state index is 11.9. The van der Waals surface area contributed by atoms with Crippen LogP contribution in [0, 0.1) is 11.6 Å². The number of nitrogens with two attached hydrogens (primary N) is 1. The van der Waals surface area contributed by atoms with Crippen LogP contribution in [0.3, 0.4) is 0 Å². The zero-order valence-corrected chi connectivity index (χ0v) is 19.0. The number of rotatable bonds is 1. The number of aromatic amines is 1. The molecule has 4 rings (SSSR count). The minimum Gasteiger partial charge on any atom is -0.328 e. The standard InChI is InChI=1S/C11H18N4.C6H4F2.3C2H6/c12-9-2-1-3-10(4-9)15-6-8-5-13-14-11(8)7-15;7-5-1-2-6(8)4-3-5;3*1-2/h5,9-10H,1-4,6-7,12H2,(H,13,14);1-4H;3*1-2H3. The minimum atomic E-state index is -0.411. The van der Waals surface area contributed by atoms with E-state index in [0.29, 0.717) is 12.1 Å². The highest BCUT2D eigenvalue weighted by Gasteiger charge is 2.30. The average molecular weight is 411 g/mol. The van der Waals surface area contributed by atoms with Gasteiger partial charge in [-0.05, 0) is 43.5 Å². The van der Waals surface area contributed by atoms with Gasteiger partial charge in [-0.3, -0.25) is 10.00 Å². The molecule has 2 atom stereocenters. The van der Waals surface area contributed by atoms with E-state index in [1.807, 2.05) is 47.7 Å². The molecule has 2 heterocycles. The molecule has 1 aromatic carbocycles. The van der Waals surface area contributed by atoms with Crippen LogP contribution in [-0.4, -0.2) is 27.2 Å². The summed E-state index contributed by atoms with van der Waals surface area (Å²) in [6.07, 6.45) is 6.92. The third-order valence-corrected chi connectivity index (χ3v) is 4.55. The van der Waals surface area contributed by atoms with Crippen LogP contribution in [0.5, 0.6) is 0 Å². The molecular formula is C23H40F2N4. The summed E-state index contributed by atoms with van der Waals surface area (Å²) in [5, 5.41) is 7.14. The SMILES string of the molecule is CC.CC.CC.Fc1ccc(F)cc1.NC1CCCC(N2Cc3cn[nH]c3C2)C1. The van der Waals surface area contributed by atoms with E-state index in [-0.39, 0.29) is 0 Å². The zero-order valence-electron chi connectivity index (χ0n) is 19.0. The summed E-state index contributed by atoms with van der Waals surface area (Å²) in [4.78, 5) is 2.54. The van der Waals surface area contributed by atoms with Gasteiger partial charge in [-0.15, -0.1) is 0 Å². The van der Waals surface area contributed by atoms with E-state index in [0.717, 1.165) is 43.8 Å². The van der Waals surface area contributed by atoms with Gasteiger partial charge in [0, 0.05) is 30.7 Å². The lowest BCUT2D eigenvalue weighted by atomic mass is 9.91. The lowest BCUT2D eigenvalue weighted by molar-refractivity contribution is 0.146. The number of hydrogen-bond acceptors (Lipinski definition) is 3. The molecule has 1 aliphatic carbocycles. The Morgan fingerprint density at radius 3 is 1.97 bits per heavy atom. The molecule has 4 nitrogen and oxygen atoms in total. The van der Waals surface area contributed by atoms with E-state index >= 15 is 0 Å². The third-order valence-electron chi connectivity index (χ3n) is 4.55. The number of fused-ring (bicyclic) bond motifs is 1. The Balaban J connectivity index is 0.000000478. The first-order valence-corrected chi connectivity index (χ1v) is 11.0. The lowest BCUT2D eigenvalue weighted by Gasteiger charge is -2.33. The first kappa shape index (κ1) is 27.2. The predicted octanol–water partition coefficient (Wildman–Crippen LogP) is 6.04. The molecule has 6 heteroatoms. The number of aromatic nitrogens is 2. The maximum Gasteiger partial charge on any atom is 0.123 e. The summed E-state index contributed by atoms with van der Waals surface area (Å²) < 4.78 is 23.8. The molecule has 3 N–H and O–H groups in total. The largest absolute Gasteiger partial charge is 0.328 e. The molecule has 1 fully saturated rings. The Labute approximate surface area is 175 Å². The molecule has 0 spiro atoms. The minimum absolute atomic E-state index is 0.411. The number of benzene rings is 1. The molecule has 0 amide bonds. The normalized spacial score (nSPS) is 19.6. The fourth-order valence-corrected chi connectivity index (χ4v) is 3.31. The van der Waals surface area contributed by atoms with E-state index in [1.54, 1.807) is 0 Å². The van der Waals surface area contributed by atoms with Crippen molar-refractivity contribution in [1.29, 1.82) is 0 Å². The van der Waals surface area contributed by atoms with Crippen LogP contribution in [0.15, 0.2) is 30.5 Å². The predicted molar refractivity (Wildman–Crippen MR) is 118 cm³/mol. The topological polar surface area (TPSA) is 57.9 Å². The molecule has 2 aromatic rings. The summed E-state index contributed by atoms with van der Waals surface area (Å²) >= 11 is 0. The lowest BCUT2D eigenvalue weighted by Crippen LogP contribution is -2.40. The van der Waals surface area contributed by atoms with Crippen LogP contribution in [0.25, 0.3) is 0 Å². The average Bonchev–Trinajstić information content (AvgIpc) is 3.38. The van der Waals surface area contributed by atoms with Crippen molar-refractivity contribution < 1.29 is 8.78 Å². The number of nitrogens with one attached hydrogen (secondary N) is 1. The second kappa shape index (κ2) is 16.1. The highest BCUT2D eigenvalue weighted by molar-refractivity contribution is 5.20. The van der Waals surface area contributed by atoms with Crippen LogP contribution >= 0.6 is 0 Å². The summed E-state index contributed by atoms with van der Waals surface area (Å²) in [7, 11) is 0. The van der Waals surface area contributed by atoms with Gasteiger partial charge in [0.1, 0.15) is 11.6 Å². The molecule has 0 radical (unpaired) electrons. The van der Waals surface area contributed by atoms with E-state index in [4.69, 9.17) is 5.73 Å². The molecule has 1 aliphatic heterocycles. The third kappa shape index (κ3) is 9.50. The number of H-pyrrole nitrogens is 1. The Kier molecular flexibility index (Phi) is 15.1. The van der Waals surface area contributed by atoms with E-state index in [2.05, 4.69) is 15.1 Å². The molecule has 2 aliphatic rings.